The zero-order valence-electron chi connectivity index (χ0n) is 13.7. The van der Waals surface area contributed by atoms with E-state index in [1.807, 2.05) is 20.2 Å². The van der Waals surface area contributed by atoms with Gasteiger partial charge in [0, 0.05) is 31.8 Å². The average Bonchev–Trinajstić information content (AvgIpc) is 2.44. The van der Waals surface area contributed by atoms with E-state index in [0.717, 1.165) is 23.1 Å². The fraction of sp³-hybridized carbons (Fsp3) is 0.412. The van der Waals surface area contributed by atoms with Crippen molar-refractivity contribution < 1.29 is 0 Å². The first-order valence-electron chi connectivity index (χ1n) is 7.29. The second-order valence-electron chi connectivity index (χ2n) is 5.78. The van der Waals surface area contributed by atoms with Crippen molar-refractivity contribution in [3.8, 4) is 0 Å². The highest BCUT2D eigenvalue weighted by atomic mass is 15.2. The third-order valence-electron chi connectivity index (χ3n) is 3.44. The van der Waals surface area contributed by atoms with Gasteiger partial charge in [-0.1, -0.05) is 19.9 Å². The molecule has 0 aliphatic heterocycles. The minimum atomic E-state index is 0.296. The van der Waals surface area contributed by atoms with Crippen LogP contribution < -0.4 is 10.2 Å². The van der Waals surface area contributed by atoms with Crippen LogP contribution in [0.25, 0.3) is 0 Å². The lowest BCUT2D eigenvalue weighted by Crippen LogP contribution is -2.14. The molecule has 4 nitrogen and oxygen atoms in total. The number of aromatic nitrogens is 2. The average molecular weight is 284 g/mol. The lowest BCUT2D eigenvalue weighted by Gasteiger charge is -2.21. The van der Waals surface area contributed by atoms with Gasteiger partial charge in [-0.05, 0) is 37.1 Å². The van der Waals surface area contributed by atoms with Crippen LogP contribution in [0.5, 0.6) is 0 Å². The minimum absolute atomic E-state index is 0.296. The molecule has 0 bridgehead atoms. The molecule has 2 aromatic rings. The van der Waals surface area contributed by atoms with Crippen LogP contribution in [-0.2, 0) is 0 Å². The number of nitrogens with zero attached hydrogens (tertiary/aromatic N) is 3. The number of aryl methyl sites for hydroxylation is 2. The molecule has 0 spiro atoms. The summed E-state index contributed by atoms with van der Waals surface area (Å²) in [7, 11) is 3.92. The Labute approximate surface area is 127 Å². The van der Waals surface area contributed by atoms with Crippen molar-refractivity contribution in [2.45, 2.75) is 33.6 Å². The number of rotatable bonds is 4. The normalized spacial score (nSPS) is 10.8. The van der Waals surface area contributed by atoms with Gasteiger partial charge in [-0.2, -0.15) is 0 Å². The largest absolute Gasteiger partial charge is 0.373 e. The molecular formula is C17H24N4. The van der Waals surface area contributed by atoms with Gasteiger partial charge < -0.3 is 10.2 Å². The van der Waals surface area contributed by atoms with E-state index >= 15 is 0 Å². The highest BCUT2D eigenvalue weighted by Gasteiger charge is 2.12. The van der Waals surface area contributed by atoms with E-state index in [1.165, 1.54) is 11.1 Å². The van der Waals surface area contributed by atoms with E-state index in [2.05, 4.69) is 61.1 Å². The van der Waals surface area contributed by atoms with Crippen LogP contribution >= 0.6 is 0 Å². The van der Waals surface area contributed by atoms with E-state index in [0.29, 0.717) is 5.92 Å². The van der Waals surface area contributed by atoms with Crippen LogP contribution in [0.2, 0.25) is 0 Å². The molecule has 0 saturated heterocycles. The summed E-state index contributed by atoms with van der Waals surface area (Å²) in [5, 5.41) is 3.11. The molecule has 0 aliphatic carbocycles. The summed E-state index contributed by atoms with van der Waals surface area (Å²) in [5.41, 5.74) is 3.65. The molecule has 21 heavy (non-hydrogen) atoms. The van der Waals surface area contributed by atoms with Gasteiger partial charge in [0.25, 0.3) is 0 Å². The Kier molecular flexibility index (Phi) is 4.46. The lowest BCUT2D eigenvalue weighted by atomic mass is 10.1. The number of hydrogen-bond donors (Lipinski definition) is 1. The smallest absolute Gasteiger partial charge is 0.138 e. The first kappa shape index (κ1) is 15.3. The van der Waals surface area contributed by atoms with Gasteiger partial charge in [-0.3, -0.25) is 0 Å². The van der Waals surface area contributed by atoms with Gasteiger partial charge in [0.05, 0.1) is 0 Å². The van der Waals surface area contributed by atoms with Crippen molar-refractivity contribution in [2.75, 3.05) is 24.3 Å². The summed E-state index contributed by atoms with van der Waals surface area (Å²) in [6.07, 6.45) is 0. The Hall–Kier alpha value is -2.10. The molecule has 2 rings (SSSR count). The van der Waals surface area contributed by atoms with E-state index in [4.69, 9.17) is 4.98 Å². The molecule has 0 amide bonds. The maximum absolute atomic E-state index is 4.69. The van der Waals surface area contributed by atoms with E-state index in [9.17, 15) is 0 Å². The summed E-state index contributed by atoms with van der Waals surface area (Å²) in [6, 6.07) is 8.49. The summed E-state index contributed by atoms with van der Waals surface area (Å²) < 4.78 is 0. The first-order chi connectivity index (χ1) is 9.90. The highest BCUT2D eigenvalue weighted by molar-refractivity contribution is 5.63. The molecule has 0 aliphatic rings. The Bertz CT molecular complexity index is 614. The quantitative estimate of drug-likeness (QED) is 0.920. The number of nitrogens with one attached hydrogen (secondary N) is 1. The van der Waals surface area contributed by atoms with Gasteiger partial charge in [-0.15, -0.1) is 0 Å². The van der Waals surface area contributed by atoms with Crippen LogP contribution in [0.3, 0.4) is 0 Å². The maximum Gasteiger partial charge on any atom is 0.138 e. The van der Waals surface area contributed by atoms with Gasteiger partial charge in [0.2, 0.25) is 0 Å². The van der Waals surface area contributed by atoms with Crippen LogP contribution in [0.4, 0.5) is 17.3 Å². The second-order valence-corrected chi connectivity index (χ2v) is 5.78. The fourth-order valence-corrected chi connectivity index (χ4v) is 2.29. The van der Waals surface area contributed by atoms with Crippen LogP contribution in [0, 0.1) is 13.8 Å². The predicted molar refractivity (Wildman–Crippen MR) is 89.6 cm³/mol. The Morgan fingerprint density at radius 2 is 1.62 bits per heavy atom. The van der Waals surface area contributed by atoms with E-state index in [1.54, 1.807) is 0 Å². The molecule has 0 unspecified atom stereocenters. The van der Waals surface area contributed by atoms with Crippen LogP contribution in [0.1, 0.15) is 36.7 Å². The monoisotopic (exact) mass is 284 g/mol. The molecule has 1 aromatic heterocycles. The summed E-state index contributed by atoms with van der Waals surface area (Å²) in [5.74, 6) is 2.90. The first-order valence-corrected chi connectivity index (χ1v) is 7.29. The van der Waals surface area contributed by atoms with Gasteiger partial charge >= 0.3 is 0 Å². The summed E-state index contributed by atoms with van der Waals surface area (Å²) in [6.45, 7) is 8.44. The third kappa shape index (κ3) is 3.51. The molecule has 112 valence electrons. The zero-order valence-corrected chi connectivity index (χ0v) is 13.7. The van der Waals surface area contributed by atoms with E-state index in [-0.39, 0.29) is 0 Å². The second kappa shape index (κ2) is 6.12. The van der Waals surface area contributed by atoms with Gasteiger partial charge in [0.1, 0.15) is 17.5 Å². The molecule has 0 atom stereocenters. The number of benzene rings is 1. The summed E-state index contributed by atoms with van der Waals surface area (Å²) >= 11 is 0. The standard InChI is InChI=1S/C17H24N4/c1-11(2)17-19-15(18-5)10-16(20-17)21(6)14-8-12(3)7-13(4)9-14/h7-11H,1-6H3,(H,18,19,20). The van der Waals surface area contributed by atoms with Crippen LogP contribution in [0.15, 0.2) is 24.3 Å². The lowest BCUT2D eigenvalue weighted by molar-refractivity contribution is 0.773. The van der Waals surface area contributed by atoms with E-state index < -0.39 is 0 Å². The third-order valence-corrected chi connectivity index (χ3v) is 3.44. The molecule has 1 N–H and O–H groups in total. The zero-order chi connectivity index (χ0) is 15.6. The van der Waals surface area contributed by atoms with Gasteiger partial charge in [-0.25, -0.2) is 9.97 Å². The molecule has 0 saturated carbocycles. The predicted octanol–water partition coefficient (Wildman–Crippen LogP) is 4.03. The van der Waals surface area contributed by atoms with Gasteiger partial charge in [0.15, 0.2) is 0 Å². The van der Waals surface area contributed by atoms with Crippen molar-refractivity contribution in [2.24, 2.45) is 0 Å². The van der Waals surface area contributed by atoms with Crippen molar-refractivity contribution >= 4 is 17.3 Å². The Morgan fingerprint density at radius 3 is 2.14 bits per heavy atom. The molecule has 1 heterocycles. The highest BCUT2D eigenvalue weighted by Crippen LogP contribution is 2.26. The molecule has 4 heteroatoms. The molecule has 1 aromatic carbocycles. The molecule has 0 fully saturated rings. The molecular weight excluding hydrogens is 260 g/mol. The van der Waals surface area contributed by atoms with Crippen molar-refractivity contribution in [1.29, 1.82) is 0 Å². The Balaban J connectivity index is 2.46. The van der Waals surface area contributed by atoms with Crippen molar-refractivity contribution in [3.05, 3.63) is 41.2 Å². The maximum atomic E-state index is 4.69. The topological polar surface area (TPSA) is 41.0 Å². The SMILES string of the molecule is CNc1cc(N(C)c2cc(C)cc(C)c2)nc(C(C)C)n1. The minimum Gasteiger partial charge on any atom is -0.373 e. The fourth-order valence-electron chi connectivity index (χ4n) is 2.29. The van der Waals surface area contributed by atoms with Crippen molar-refractivity contribution in [3.63, 3.8) is 0 Å². The Morgan fingerprint density at radius 1 is 1.00 bits per heavy atom. The number of anilines is 3. The number of hydrogen-bond acceptors (Lipinski definition) is 4. The molecule has 0 radical (unpaired) electrons. The van der Waals surface area contributed by atoms with Crippen molar-refractivity contribution in [1.82, 2.24) is 9.97 Å². The van der Waals surface area contributed by atoms with Crippen LogP contribution in [-0.4, -0.2) is 24.1 Å². The summed E-state index contributed by atoms with van der Waals surface area (Å²) in [4.78, 5) is 11.3.